The summed E-state index contributed by atoms with van der Waals surface area (Å²) >= 11 is 0. The number of Topliss-reactive ketones (excluding diaryl/α,β-unsaturated/α-hetero) is 1. The fourth-order valence-corrected chi connectivity index (χ4v) is 1.74. The molecule has 0 spiro atoms. The Morgan fingerprint density at radius 2 is 1.92 bits per heavy atom. The van der Waals surface area contributed by atoms with Gasteiger partial charge in [0.05, 0.1) is 0 Å². The van der Waals surface area contributed by atoms with Crippen LogP contribution in [0.4, 0.5) is 0 Å². The van der Waals surface area contributed by atoms with E-state index in [2.05, 4.69) is 0 Å². The highest BCUT2D eigenvalue weighted by Crippen LogP contribution is 2.33. The molecule has 0 amide bonds. The molecule has 0 atom stereocenters. The molecule has 0 saturated heterocycles. The molecule has 0 unspecified atom stereocenters. The third-order valence-corrected chi connectivity index (χ3v) is 2.52. The molecule has 0 aliphatic heterocycles. The van der Waals surface area contributed by atoms with Gasteiger partial charge in [0.1, 0.15) is 12.2 Å². The second-order valence-electron chi connectivity index (χ2n) is 3.44. The van der Waals surface area contributed by atoms with Crippen LogP contribution in [0.3, 0.4) is 0 Å². The minimum atomic E-state index is -1.02. The SMILES string of the molecule is CC(=O)C1(OCC(=O)O)CCCC1. The van der Waals surface area contributed by atoms with E-state index in [9.17, 15) is 9.59 Å². The largest absolute Gasteiger partial charge is 0.480 e. The summed E-state index contributed by atoms with van der Waals surface area (Å²) in [4.78, 5) is 21.5. The Kier molecular flexibility index (Phi) is 3.03. The van der Waals surface area contributed by atoms with Gasteiger partial charge >= 0.3 is 5.97 Å². The van der Waals surface area contributed by atoms with Crippen molar-refractivity contribution in [3.63, 3.8) is 0 Å². The molecule has 1 fully saturated rings. The number of carbonyl (C=O) groups excluding carboxylic acids is 1. The minimum absolute atomic E-state index is 0.0498. The first-order valence-electron chi connectivity index (χ1n) is 4.44. The number of hydrogen-bond acceptors (Lipinski definition) is 3. The van der Waals surface area contributed by atoms with Crippen molar-refractivity contribution in [1.82, 2.24) is 0 Å². The smallest absolute Gasteiger partial charge is 0.329 e. The molecule has 0 bridgehead atoms. The number of aliphatic carboxylic acids is 1. The number of carboxylic acid groups (broad SMARTS) is 1. The summed E-state index contributed by atoms with van der Waals surface area (Å²) in [6.45, 7) is 1.09. The third kappa shape index (κ3) is 2.28. The van der Waals surface area contributed by atoms with E-state index in [0.29, 0.717) is 12.8 Å². The molecular weight excluding hydrogens is 172 g/mol. The molecule has 4 nitrogen and oxygen atoms in total. The first kappa shape index (κ1) is 10.2. The van der Waals surface area contributed by atoms with Crippen molar-refractivity contribution in [2.75, 3.05) is 6.61 Å². The van der Waals surface area contributed by atoms with Gasteiger partial charge in [-0.25, -0.2) is 4.79 Å². The standard InChI is InChI=1S/C9H14O4/c1-7(10)9(4-2-3-5-9)13-6-8(11)12/h2-6H2,1H3,(H,11,12). The summed E-state index contributed by atoms with van der Waals surface area (Å²) in [5, 5.41) is 8.43. The summed E-state index contributed by atoms with van der Waals surface area (Å²) in [5.41, 5.74) is -0.793. The summed E-state index contributed by atoms with van der Waals surface area (Å²) < 4.78 is 5.16. The highest BCUT2D eigenvalue weighted by molar-refractivity contribution is 5.85. The van der Waals surface area contributed by atoms with Crippen molar-refractivity contribution >= 4 is 11.8 Å². The van der Waals surface area contributed by atoms with Crippen LogP contribution in [0.25, 0.3) is 0 Å². The lowest BCUT2D eigenvalue weighted by Gasteiger charge is -2.25. The second-order valence-corrected chi connectivity index (χ2v) is 3.44. The number of carbonyl (C=O) groups is 2. The summed E-state index contributed by atoms with van der Waals surface area (Å²) in [7, 11) is 0. The number of rotatable bonds is 4. The Morgan fingerprint density at radius 3 is 2.31 bits per heavy atom. The minimum Gasteiger partial charge on any atom is -0.480 e. The molecule has 74 valence electrons. The molecule has 0 aromatic heterocycles. The highest BCUT2D eigenvalue weighted by Gasteiger charge is 2.39. The molecule has 1 N–H and O–H groups in total. The maximum Gasteiger partial charge on any atom is 0.329 e. The average Bonchev–Trinajstić information content (AvgIpc) is 2.50. The van der Waals surface area contributed by atoms with Gasteiger partial charge in [0, 0.05) is 0 Å². The molecule has 13 heavy (non-hydrogen) atoms. The molecule has 0 aromatic rings. The van der Waals surface area contributed by atoms with Gasteiger partial charge in [0.15, 0.2) is 5.78 Å². The van der Waals surface area contributed by atoms with Gasteiger partial charge in [-0.05, 0) is 32.6 Å². The quantitative estimate of drug-likeness (QED) is 0.711. The Labute approximate surface area is 76.9 Å². The van der Waals surface area contributed by atoms with E-state index < -0.39 is 11.6 Å². The maximum absolute atomic E-state index is 11.3. The molecule has 0 radical (unpaired) electrons. The number of hydrogen-bond donors (Lipinski definition) is 1. The highest BCUT2D eigenvalue weighted by atomic mass is 16.5. The lowest BCUT2D eigenvalue weighted by molar-refractivity contribution is -0.156. The molecule has 1 aliphatic rings. The summed E-state index contributed by atoms with van der Waals surface area (Å²) in [6.07, 6.45) is 3.21. The molecule has 4 heteroatoms. The third-order valence-electron chi connectivity index (χ3n) is 2.52. The van der Waals surface area contributed by atoms with E-state index in [1.165, 1.54) is 6.92 Å². The molecule has 1 rings (SSSR count). The van der Waals surface area contributed by atoms with Gasteiger partial charge in [-0.2, -0.15) is 0 Å². The van der Waals surface area contributed by atoms with Crippen molar-refractivity contribution < 1.29 is 19.4 Å². The van der Waals surface area contributed by atoms with Crippen molar-refractivity contribution in [3.8, 4) is 0 Å². The van der Waals surface area contributed by atoms with Crippen LogP contribution in [0, 0.1) is 0 Å². The van der Waals surface area contributed by atoms with Crippen molar-refractivity contribution in [3.05, 3.63) is 0 Å². The lowest BCUT2D eigenvalue weighted by Crippen LogP contribution is -2.38. The number of carboxylic acids is 1. The van der Waals surface area contributed by atoms with Crippen molar-refractivity contribution in [2.24, 2.45) is 0 Å². The molecule has 0 aromatic carbocycles. The van der Waals surface area contributed by atoms with Crippen LogP contribution in [0.1, 0.15) is 32.6 Å². The van der Waals surface area contributed by atoms with E-state index in [1.54, 1.807) is 0 Å². The zero-order chi connectivity index (χ0) is 9.90. The van der Waals surface area contributed by atoms with Crippen LogP contribution >= 0.6 is 0 Å². The first-order chi connectivity index (χ1) is 6.07. The predicted octanol–water partition coefficient (Wildman–Crippen LogP) is 0.989. The van der Waals surface area contributed by atoms with E-state index in [1.807, 2.05) is 0 Å². The van der Waals surface area contributed by atoms with E-state index in [-0.39, 0.29) is 12.4 Å². The molecular formula is C9H14O4. The van der Waals surface area contributed by atoms with Gasteiger partial charge in [0.25, 0.3) is 0 Å². The van der Waals surface area contributed by atoms with Crippen LogP contribution < -0.4 is 0 Å². The lowest BCUT2D eigenvalue weighted by atomic mass is 9.97. The topological polar surface area (TPSA) is 63.6 Å². The predicted molar refractivity (Wildman–Crippen MR) is 45.5 cm³/mol. The Morgan fingerprint density at radius 1 is 1.38 bits per heavy atom. The van der Waals surface area contributed by atoms with Crippen LogP contribution in [0.2, 0.25) is 0 Å². The zero-order valence-corrected chi connectivity index (χ0v) is 7.71. The van der Waals surface area contributed by atoms with Crippen molar-refractivity contribution in [1.29, 1.82) is 0 Å². The summed E-state index contributed by atoms with van der Waals surface area (Å²) in [5.74, 6) is -1.07. The van der Waals surface area contributed by atoms with Gasteiger partial charge in [-0.3, -0.25) is 4.79 Å². The van der Waals surface area contributed by atoms with Crippen molar-refractivity contribution in [2.45, 2.75) is 38.2 Å². The Balaban J connectivity index is 2.57. The summed E-state index contributed by atoms with van der Waals surface area (Å²) in [6, 6.07) is 0. The van der Waals surface area contributed by atoms with E-state index in [0.717, 1.165) is 12.8 Å². The number of ether oxygens (including phenoxy) is 1. The maximum atomic E-state index is 11.3. The zero-order valence-electron chi connectivity index (χ0n) is 7.71. The van der Waals surface area contributed by atoms with Gasteiger partial charge in [-0.1, -0.05) is 0 Å². The van der Waals surface area contributed by atoms with Crippen LogP contribution in [0.5, 0.6) is 0 Å². The van der Waals surface area contributed by atoms with Crippen LogP contribution in [-0.4, -0.2) is 29.1 Å². The van der Waals surface area contributed by atoms with Gasteiger partial charge in [-0.15, -0.1) is 0 Å². The van der Waals surface area contributed by atoms with Gasteiger partial charge < -0.3 is 9.84 Å². The normalized spacial score (nSPS) is 20.1. The first-order valence-corrected chi connectivity index (χ1v) is 4.44. The van der Waals surface area contributed by atoms with Crippen LogP contribution in [0.15, 0.2) is 0 Å². The molecule has 1 saturated carbocycles. The average molecular weight is 186 g/mol. The van der Waals surface area contributed by atoms with Crippen LogP contribution in [-0.2, 0) is 14.3 Å². The van der Waals surface area contributed by atoms with Gasteiger partial charge in [0.2, 0.25) is 0 Å². The molecule has 1 aliphatic carbocycles. The fraction of sp³-hybridized carbons (Fsp3) is 0.778. The molecule has 0 heterocycles. The Bertz CT molecular complexity index is 216. The van der Waals surface area contributed by atoms with E-state index in [4.69, 9.17) is 9.84 Å². The second kappa shape index (κ2) is 3.87. The monoisotopic (exact) mass is 186 g/mol. The Hall–Kier alpha value is -0.900. The number of ketones is 1. The fourth-order valence-electron chi connectivity index (χ4n) is 1.74. The van der Waals surface area contributed by atoms with E-state index >= 15 is 0 Å².